The molecule has 1 amide bonds. The average molecular weight is 530 g/mol. The number of nitrogens with one attached hydrogen (secondary N) is 1. The van der Waals surface area contributed by atoms with Crippen LogP contribution in [0, 0.1) is 13.8 Å². The average Bonchev–Trinajstić information content (AvgIpc) is 3.36. The molecule has 0 saturated carbocycles. The van der Waals surface area contributed by atoms with Crippen molar-refractivity contribution in [3.63, 3.8) is 0 Å². The highest BCUT2D eigenvalue weighted by Crippen LogP contribution is 2.35. The number of carboxylic acids is 1. The monoisotopic (exact) mass is 529 g/mol. The first-order valence-electron chi connectivity index (χ1n) is 11.5. The van der Waals surface area contributed by atoms with Crippen LogP contribution in [0.1, 0.15) is 32.7 Å². The molecule has 4 aromatic rings. The zero-order valence-corrected chi connectivity index (χ0v) is 21.7. The largest absolute Gasteiger partial charge is 0.478 e. The summed E-state index contributed by atoms with van der Waals surface area (Å²) in [7, 11) is 0. The van der Waals surface area contributed by atoms with E-state index in [0.29, 0.717) is 33.7 Å². The van der Waals surface area contributed by atoms with Crippen LogP contribution in [0.3, 0.4) is 0 Å². The van der Waals surface area contributed by atoms with Gasteiger partial charge < -0.3 is 10.8 Å². The van der Waals surface area contributed by atoms with E-state index in [1.165, 1.54) is 11.8 Å². The van der Waals surface area contributed by atoms with Gasteiger partial charge in [-0.1, -0.05) is 54.3 Å². The highest BCUT2D eigenvalue weighted by Gasteiger charge is 2.31. The van der Waals surface area contributed by atoms with Crippen LogP contribution in [0.2, 0.25) is 0 Å². The maximum atomic E-state index is 13.1. The Hall–Kier alpha value is -4.02. The van der Waals surface area contributed by atoms with Gasteiger partial charge in [0.15, 0.2) is 5.65 Å². The molecule has 2 aromatic heterocycles. The number of nitrogens with zero attached hydrogens (tertiary/aromatic N) is 3. The van der Waals surface area contributed by atoms with Gasteiger partial charge in [0.25, 0.3) is 5.91 Å². The zero-order chi connectivity index (χ0) is 26.3. The van der Waals surface area contributed by atoms with Crippen molar-refractivity contribution in [3.05, 3.63) is 81.4 Å². The minimum Gasteiger partial charge on any atom is -0.478 e. The van der Waals surface area contributed by atoms with Gasteiger partial charge in [0.05, 0.1) is 15.9 Å². The summed E-state index contributed by atoms with van der Waals surface area (Å²) < 4.78 is 0.506. The van der Waals surface area contributed by atoms with E-state index in [1.807, 2.05) is 44.2 Å². The van der Waals surface area contributed by atoms with Gasteiger partial charge in [-0.15, -0.1) is 0 Å². The van der Waals surface area contributed by atoms with Crippen LogP contribution in [0.5, 0.6) is 0 Å². The molecule has 4 N–H and O–H groups in total. The summed E-state index contributed by atoms with van der Waals surface area (Å²) in [6.07, 6.45) is 2.42. The number of H-pyrrole nitrogens is 1. The van der Waals surface area contributed by atoms with Crippen LogP contribution in [0.15, 0.2) is 53.4 Å². The van der Waals surface area contributed by atoms with E-state index >= 15 is 0 Å². The Labute approximate surface area is 222 Å². The Morgan fingerprint density at radius 1 is 1.22 bits per heavy atom. The number of aryl methyl sites for hydroxylation is 2. The Bertz CT molecular complexity index is 1610. The lowest BCUT2D eigenvalue weighted by molar-refractivity contribution is -0.122. The Balaban J connectivity index is 1.37. The first kappa shape index (κ1) is 24.7. The lowest BCUT2D eigenvalue weighted by Gasteiger charge is -2.14. The fraction of sp³-hybridized carbons (Fsp3) is 0.148. The highest BCUT2D eigenvalue weighted by atomic mass is 32.2. The summed E-state index contributed by atoms with van der Waals surface area (Å²) in [6.45, 7) is 4.37. The first-order chi connectivity index (χ1) is 17.7. The third-order valence-electron chi connectivity index (χ3n) is 6.33. The molecule has 2 aromatic carbocycles. The van der Waals surface area contributed by atoms with Crippen molar-refractivity contribution >= 4 is 63.1 Å². The van der Waals surface area contributed by atoms with E-state index in [4.69, 9.17) is 23.1 Å². The SMILES string of the molecule is Cc1nc2n[nH]c(N)c2c(C)c1-c1cccc(C=C2SC(=S)N(CCc3ccc(C(=O)O)cc3)C2=O)c1. The number of thioether (sulfide) groups is 1. The van der Waals surface area contributed by atoms with Gasteiger partial charge in [-0.25, -0.2) is 9.78 Å². The van der Waals surface area contributed by atoms with Crippen LogP contribution in [-0.2, 0) is 11.2 Å². The number of benzene rings is 2. The van der Waals surface area contributed by atoms with Crippen molar-refractivity contribution in [1.29, 1.82) is 0 Å². The van der Waals surface area contributed by atoms with Crippen molar-refractivity contribution in [3.8, 4) is 11.1 Å². The molecule has 0 radical (unpaired) electrons. The summed E-state index contributed by atoms with van der Waals surface area (Å²) in [5, 5.41) is 16.8. The molecular weight excluding hydrogens is 506 g/mol. The molecule has 0 unspecified atom stereocenters. The van der Waals surface area contributed by atoms with Crippen molar-refractivity contribution in [2.45, 2.75) is 20.3 Å². The summed E-state index contributed by atoms with van der Waals surface area (Å²) in [6, 6.07) is 14.6. The number of aromatic nitrogens is 3. The predicted octanol–water partition coefficient (Wildman–Crippen LogP) is 4.97. The molecule has 0 spiro atoms. The zero-order valence-electron chi connectivity index (χ0n) is 20.1. The van der Waals surface area contributed by atoms with Crippen LogP contribution in [-0.4, -0.2) is 47.9 Å². The van der Waals surface area contributed by atoms with Gasteiger partial charge >= 0.3 is 5.97 Å². The third-order valence-corrected chi connectivity index (χ3v) is 7.71. The van der Waals surface area contributed by atoms with Gasteiger partial charge in [-0.05, 0) is 66.8 Å². The lowest BCUT2D eigenvalue weighted by Crippen LogP contribution is -2.30. The van der Waals surface area contributed by atoms with Gasteiger partial charge in [0.1, 0.15) is 10.1 Å². The van der Waals surface area contributed by atoms with E-state index in [2.05, 4.69) is 15.2 Å². The number of hydrogen-bond donors (Lipinski definition) is 3. The Morgan fingerprint density at radius 2 is 1.97 bits per heavy atom. The molecule has 1 aliphatic rings. The number of carbonyl (C=O) groups is 2. The lowest BCUT2D eigenvalue weighted by atomic mass is 9.96. The molecule has 0 bridgehead atoms. The van der Waals surface area contributed by atoms with E-state index in [-0.39, 0.29) is 11.5 Å². The van der Waals surface area contributed by atoms with Gasteiger partial charge in [-0.2, -0.15) is 5.10 Å². The summed E-state index contributed by atoms with van der Waals surface area (Å²) in [4.78, 5) is 30.9. The number of hydrogen-bond acceptors (Lipinski definition) is 7. The van der Waals surface area contributed by atoms with E-state index in [0.717, 1.165) is 38.9 Å². The summed E-state index contributed by atoms with van der Waals surface area (Å²) in [5.74, 6) is -0.617. The second kappa shape index (κ2) is 9.79. The topological polar surface area (TPSA) is 125 Å². The number of pyridine rings is 1. The maximum absolute atomic E-state index is 13.1. The van der Waals surface area contributed by atoms with Crippen LogP contribution < -0.4 is 5.73 Å². The normalized spacial score (nSPS) is 14.8. The molecular formula is C27H23N5O3S2. The molecule has 8 nitrogen and oxygen atoms in total. The van der Waals surface area contributed by atoms with Crippen LogP contribution in [0.25, 0.3) is 28.2 Å². The summed E-state index contributed by atoms with van der Waals surface area (Å²) in [5.41, 5.74) is 12.5. The number of nitrogens with two attached hydrogens (primary N) is 1. The first-order valence-corrected chi connectivity index (χ1v) is 12.7. The Kier molecular flexibility index (Phi) is 6.53. The van der Waals surface area contributed by atoms with E-state index in [9.17, 15) is 9.59 Å². The number of nitrogen functional groups attached to an aromatic ring is 1. The highest BCUT2D eigenvalue weighted by molar-refractivity contribution is 8.26. The number of rotatable bonds is 6. The quantitative estimate of drug-likeness (QED) is 0.236. The fourth-order valence-corrected chi connectivity index (χ4v) is 5.82. The van der Waals surface area contributed by atoms with Crippen molar-refractivity contribution in [2.24, 2.45) is 0 Å². The standard InChI is InChI=1S/C27H23N5O3S2/c1-14-21(15(2)29-24-22(14)23(28)30-31-24)19-5-3-4-17(12-19)13-20-25(33)32(27(36)37-20)11-10-16-6-8-18(9-7-16)26(34)35/h3-9,12-13H,10-11H2,1-2H3,(H,34,35)(H3,28,29,30,31). The van der Waals surface area contributed by atoms with E-state index < -0.39 is 5.97 Å². The van der Waals surface area contributed by atoms with Gasteiger partial charge in [0.2, 0.25) is 0 Å². The number of anilines is 1. The number of aromatic amines is 1. The summed E-state index contributed by atoms with van der Waals surface area (Å²) >= 11 is 6.77. The Morgan fingerprint density at radius 3 is 2.70 bits per heavy atom. The molecule has 186 valence electrons. The van der Waals surface area contributed by atoms with Crippen LogP contribution in [0.4, 0.5) is 5.82 Å². The predicted molar refractivity (Wildman–Crippen MR) is 150 cm³/mol. The number of carboxylic acid groups (broad SMARTS) is 1. The molecule has 0 atom stereocenters. The molecule has 10 heteroatoms. The minimum absolute atomic E-state index is 0.135. The van der Waals surface area contributed by atoms with Gasteiger partial charge in [0, 0.05) is 17.8 Å². The second-order valence-corrected chi connectivity index (χ2v) is 10.4. The molecule has 0 aliphatic carbocycles. The maximum Gasteiger partial charge on any atom is 0.335 e. The second-order valence-electron chi connectivity index (χ2n) is 8.74. The van der Waals surface area contributed by atoms with Gasteiger partial charge in [-0.3, -0.25) is 14.8 Å². The van der Waals surface area contributed by atoms with E-state index in [1.54, 1.807) is 29.2 Å². The smallest absolute Gasteiger partial charge is 0.335 e. The number of thiocarbonyl (C=S) groups is 1. The number of aromatic carboxylic acids is 1. The minimum atomic E-state index is -0.967. The number of fused-ring (bicyclic) bond motifs is 1. The van der Waals surface area contributed by atoms with Crippen molar-refractivity contribution < 1.29 is 14.7 Å². The third kappa shape index (κ3) is 4.73. The molecule has 1 fully saturated rings. The fourth-order valence-electron chi connectivity index (χ4n) is 4.52. The van der Waals surface area contributed by atoms with Crippen LogP contribution >= 0.6 is 24.0 Å². The molecule has 1 aliphatic heterocycles. The van der Waals surface area contributed by atoms with Crippen molar-refractivity contribution in [1.82, 2.24) is 20.1 Å². The number of amides is 1. The molecule has 1 saturated heterocycles. The molecule has 5 rings (SSSR count). The molecule has 3 heterocycles. The van der Waals surface area contributed by atoms with Crippen molar-refractivity contribution in [2.75, 3.05) is 12.3 Å². The number of carbonyl (C=O) groups excluding carboxylic acids is 1. The molecule has 37 heavy (non-hydrogen) atoms.